The zero-order valence-corrected chi connectivity index (χ0v) is 15.6. The van der Waals surface area contributed by atoms with E-state index < -0.39 is 17.1 Å². The molecule has 1 N–H and O–H groups in total. The third-order valence-electron chi connectivity index (χ3n) is 3.49. The zero-order valence-electron chi connectivity index (χ0n) is 14.8. The molecule has 0 radical (unpaired) electrons. The van der Waals surface area contributed by atoms with E-state index in [2.05, 4.69) is 16.8 Å². The van der Waals surface area contributed by atoms with E-state index >= 15 is 0 Å². The van der Waals surface area contributed by atoms with Crippen molar-refractivity contribution < 1.29 is 23.6 Å². The Morgan fingerprint density at radius 3 is 2.73 bits per heavy atom. The Morgan fingerprint density at radius 2 is 2.04 bits per heavy atom. The molecule has 6 nitrogen and oxygen atoms in total. The summed E-state index contributed by atoms with van der Waals surface area (Å²) < 4.78 is 22.4. The maximum Gasteiger partial charge on any atom is 0.353 e. The van der Waals surface area contributed by atoms with Gasteiger partial charge in [0.05, 0.1) is 12.3 Å². The first kappa shape index (κ1) is 20.0. The van der Waals surface area contributed by atoms with Gasteiger partial charge in [-0.3, -0.25) is 0 Å². The summed E-state index contributed by atoms with van der Waals surface area (Å²) in [5.74, 6) is 5.31. The predicted octanol–water partition coefficient (Wildman–Crippen LogP) is 2.35. The third-order valence-corrected chi connectivity index (χ3v) is 4.53. The van der Waals surface area contributed by atoms with Gasteiger partial charge in [-0.15, -0.1) is 0 Å². The topological polar surface area (TPSA) is 95.6 Å². The molecule has 1 aromatic carbocycles. The van der Waals surface area contributed by atoms with Crippen molar-refractivity contribution >= 4 is 17.1 Å². The number of aryl methyl sites for hydroxylation is 2. The second-order valence-electron chi connectivity index (χ2n) is 5.67. The van der Waals surface area contributed by atoms with E-state index in [-0.39, 0.29) is 18.1 Å². The molecule has 138 valence electrons. The van der Waals surface area contributed by atoms with Crippen LogP contribution in [0.15, 0.2) is 28.7 Å². The Kier molecular flexibility index (Phi) is 7.73. The molecule has 0 saturated heterocycles. The van der Waals surface area contributed by atoms with Crippen LogP contribution >= 0.6 is 0 Å². The Morgan fingerprint density at radius 1 is 1.31 bits per heavy atom. The molecule has 0 aliphatic heterocycles. The summed E-state index contributed by atoms with van der Waals surface area (Å²) in [7, 11) is 0. The molecule has 2 rings (SSSR count). The molecular formula is C19H21NO5S. The highest BCUT2D eigenvalue weighted by molar-refractivity contribution is 7.92. The van der Waals surface area contributed by atoms with Gasteiger partial charge in [-0.25, -0.2) is 9.78 Å². The molecule has 1 atom stereocenters. The molecule has 0 saturated carbocycles. The number of carboxylic acid groups (broad SMARTS) is 1. The normalized spacial score (nSPS) is 11.7. The summed E-state index contributed by atoms with van der Waals surface area (Å²) in [4.78, 5) is 14.9. The number of nitrogens with zero attached hydrogens (tertiary/aromatic N) is 1. The average molecular weight is 375 g/mol. The van der Waals surface area contributed by atoms with E-state index in [1.165, 1.54) is 5.56 Å². The van der Waals surface area contributed by atoms with Gasteiger partial charge in [0.2, 0.25) is 11.6 Å². The Bertz CT molecular complexity index is 788. The first-order valence-corrected chi connectivity index (χ1v) is 9.58. The first-order chi connectivity index (χ1) is 12.5. The van der Waals surface area contributed by atoms with E-state index in [1.54, 1.807) is 0 Å². The summed E-state index contributed by atoms with van der Waals surface area (Å²) in [6.45, 7) is 4.54. The van der Waals surface area contributed by atoms with Crippen molar-refractivity contribution in [2.45, 2.75) is 20.3 Å². The van der Waals surface area contributed by atoms with Gasteiger partial charge in [0.15, 0.2) is 5.75 Å². The molecule has 0 spiro atoms. The zero-order chi connectivity index (χ0) is 18.9. The van der Waals surface area contributed by atoms with Crippen molar-refractivity contribution in [2.75, 3.05) is 24.7 Å². The molecule has 0 aliphatic carbocycles. The first-order valence-electron chi connectivity index (χ1n) is 8.09. The largest absolute Gasteiger partial charge is 0.615 e. The molecular weight excluding hydrogens is 354 g/mol. The van der Waals surface area contributed by atoms with Gasteiger partial charge in [0.1, 0.15) is 12.4 Å². The van der Waals surface area contributed by atoms with Crippen LogP contribution in [0.5, 0.6) is 0 Å². The van der Waals surface area contributed by atoms with E-state index in [0.29, 0.717) is 18.9 Å². The molecule has 1 heterocycles. The lowest BCUT2D eigenvalue weighted by atomic mass is 10.1. The SMILES string of the molecule is Cc1ccc(-c2nc(CCOCC#CC[S+]([O-])CC(=O)O)c(C)o2)cc1. The molecule has 0 fully saturated rings. The number of hydrogen-bond donors (Lipinski definition) is 1. The van der Waals surface area contributed by atoms with Crippen LogP contribution in [0, 0.1) is 25.7 Å². The number of benzene rings is 1. The molecule has 0 amide bonds. The summed E-state index contributed by atoms with van der Waals surface area (Å²) in [6, 6.07) is 7.98. The fourth-order valence-electron chi connectivity index (χ4n) is 2.14. The van der Waals surface area contributed by atoms with Crippen LogP contribution in [0.3, 0.4) is 0 Å². The van der Waals surface area contributed by atoms with E-state index in [9.17, 15) is 9.35 Å². The predicted molar refractivity (Wildman–Crippen MR) is 99.2 cm³/mol. The van der Waals surface area contributed by atoms with Crippen molar-refractivity contribution in [1.82, 2.24) is 4.98 Å². The minimum atomic E-state index is -1.46. The van der Waals surface area contributed by atoms with Crippen molar-refractivity contribution in [3.05, 3.63) is 41.3 Å². The van der Waals surface area contributed by atoms with Gasteiger partial charge in [-0.1, -0.05) is 23.6 Å². The molecule has 1 unspecified atom stereocenters. The van der Waals surface area contributed by atoms with Crippen LogP contribution < -0.4 is 0 Å². The van der Waals surface area contributed by atoms with Gasteiger partial charge in [-0.2, -0.15) is 0 Å². The summed E-state index contributed by atoms with van der Waals surface area (Å²) >= 11 is -1.46. The van der Waals surface area contributed by atoms with E-state index in [4.69, 9.17) is 14.3 Å². The molecule has 2 aromatic rings. The maximum atomic E-state index is 11.3. The number of oxazole rings is 1. The number of carboxylic acids is 1. The van der Waals surface area contributed by atoms with E-state index in [0.717, 1.165) is 17.0 Å². The van der Waals surface area contributed by atoms with Crippen LogP contribution in [-0.2, 0) is 27.1 Å². The number of rotatable bonds is 8. The lowest BCUT2D eigenvalue weighted by Gasteiger charge is -2.02. The summed E-state index contributed by atoms with van der Waals surface area (Å²) in [5, 5.41) is 8.49. The van der Waals surface area contributed by atoms with Gasteiger partial charge < -0.3 is 18.8 Å². The van der Waals surface area contributed by atoms with Crippen LogP contribution in [0.25, 0.3) is 11.5 Å². The average Bonchev–Trinajstić information content (AvgIpc) is 2.95. The highest BCUT2D eigenvalue weighted by Crippen LogP contribution is 2.22. The highest BCUT2D eigenvalue weighted by Gasteiger charge is 2.11. The fourth-order valence-corrected chi connectivity index (χ4v) is 2.78. The van der Waals surface area contributed by atoms with Crippen LogP contribution in [0.1, 0.15) is 17.0 Å². The Balaban J connectivity index is 1.75. The number of carbonyl (C=O) groups is 1. The summed E-state index contributed by atoms with van der Waals surface area (Å²) in [6.07, 6.45) is 0.605. The van der Waals surface area contributed by atoms with Crippen molar-refractivity contribution in [1.29, 1.82) is 0 Å². The van der Waals surface area contributed by atoms with Gasteiger partial charge in [-0.05, 0) is 43.1 Å². The molecule has 1 aromatic heterocycles. The minimum Gasteiger partial charge on any atom is -0.615 e. The maximum absolute atomic E-state index is 11.3. The van der Waals surface area contributed by atoms with E-state index in [1.807, 2.05) is 38.1 Å². The molecule has 0 aliphatic rings. The quantitative estimate of drug-likeness (QED) is 0.432. The summed E-state index contributed by atoms with van der Waals surface area (Å²) in [5.41, 5.74) is 2.96. The molecule has 7 heteroatoms. The second kappa shape index (κ2) is 10.0. The van der Waals surface area contributed by atoms with Gasteiger partial charge in [0, 0.05) is 12.0 Å². The smallest absolute Gasteiger partial charge is 0.353 e. The standard InChI is InChI=1S/C19H21NO5S/c1-14-5-7-16(8-6-14)19-20-17(15(2)25-19)9-11-24-10-3-4-12-26(23)13-18(21)22/h5-8H,9-13H2,1-2H3,(H,21,22). The van der Waals surface area contributed by atoms with Crippen molar-refractivity contribution in [3.63, 3.8) is 0 Å². The number of hydrogen-bond acceptors (Lipinski definition) is 5. The fraction of sp³-hybridized carbons (Fsp3) is 0.368. The molecule has 0 bridgehead atoms. The lowest BCUT2D eigenvalue weighted by Crippen LogP contribution is -2.17. The monoisotopic (exact) mass is 375 g/mol. The highest BCUT2D eigenvalue weighted by atomic mass is 32.2. The Hall–Kier alpha value is -2.27. The van der Waals surface area contributed by atoms with Crippen LogP contribution in [-0.4, -0.2) is 45.3 Å². The van der Waals surface area contributed by atoms with Crippen LogP contribution in [0.2, 0.25) is 0 Å². The van der Waals surface area contributed by atoms with Crippen LogP contribution in [0.4, 0.5) is 0 Å². The number of ether oxygens (including phenoxy) is 1. The van der Waals surface area contributed by atoms with Gasteiger partial charge in [0.25, 0.3) is 0 Å². The van der Waals surface area contributed by atoms with Crippen molar-refractivity contribution in [3.8, 4) is 23.3 Å². The van der Waals surface area contributed by atoms with Crippen molar-refractivity contribution in [2.24, 2.45) is 0 Å². The number of aliphatic carboxylic acids is 1. The molecule has 26 heavy (non-hydrogen) atoms. The Labute approximate surface area is 155 Å². The number of aromatic nitrogens is 1. The lowest BCUT2D eigenvalue weighted by molar-refractivity contribution is -0.134. The second-order valence-corrected chi connectivity index (χ2v) is 7.12. The van der Waals surface area contributed by atoms with Gasteiger partial charge >= 0.3 is 5.97 Å². The third kappa shape index (κ3) is 6.56. The minimum absolute atomic E-state index is 0.0396.